The van der Waals surface area contributed by atoms with Gasteiger partial charge in [-0.25, -0.2) is 4.79 Å². The first-order valence-electron chi connectivity index (χ1n) is 8.31. The number of ether oxygens (including phenoxy) is 1. The number of benzene rings is 1. The van der Waals surface area contributed by atoms with Crippen LogP contribution in [0.1, 0.15) is 51.7 Å². The molecule has 1 atom stereocenters. The van der Waals surface area contributed by atoms with Crippen LogP contribution in [0.2, 0.25) is 0 Å². The predicted molar refractivity (Wildman–Crippen MR) is 91.0 cm³/mol. The molecule has 0 aliphatic carbocycles. The van der Waals surface area contributed by atoms with E-state index in [9.17, 15) is 9.59 Å². The van der Waals surface area contributed by atoms with Crippen molar-refractivity contribution < 1.29 is 19.4 Å². The Labute approximate surface area is 145 Å². The molecule has 1 aromatic heterocycles. The standard InChI is InChI=1S/C18H21N3O4/c1-25-16-7-3-2-6-13(16)12-5-4-9-21(10-8-12)17(22)14-11-15(18(23)24)20-19-14/h2-3,6-7,11-12H,4-5,8-10H2,1H3,(H,19,20)(H,23,24). The number of carbonyl (C=O) groups is 2. The molecular formula is C18H21N3O4. The number of hydrogen-bond donors (Lipinski definition) is 2. The second-order valence-corrected chi connectivity index (χ2v) is 6.13. The lowest BCUT2D eigenvalue weighted by molar-refractivity contribution is 0.0690. The Morgan fingerprint density at radius 2 is 2.08 bits per heavy atom. The van der Waals surface area contributed by atoms with Gasteiger partial charge in [-0.2, -0.15) is 5.10 Å². The van der Waals surface area contributed by atoms with E-state index < -0.39 is 5.97 Å². The minimum atomic E-state index is -1.13. The Kier molecular flexibility index (Phi) is 5.02. The number of rotatable bonds is 4. The lowest BCUT2D eigenvalue weighted by atomic mass is 9.91. The molecule has 0 saturated carbocycles. The largest absolute Gasteiger partial charge is 0.496 e. The van der Waals surface area contributed by atoms with E-state index in [0.29, 0.717) is 19.0 Å². The molecule has 0 spiro atoms. The second kappa shape index (κ2) is 7.38. The first-order valence-corrected chi connectivity index (χ1v) is 8.31. The highest BCUT2D eigenvalue weighted by molar-refractivity contribution is 5.95. The molecule has 1 aliphatic rings. The maximum absolute atomic E-state index is 12.6. The van der Waals surface area contributed by atoms with Gasteiger partial charge in [0.1, 0.15) is 11.4 Å². The van der Waals surface area contributed by atoms with Crippen LogP contribution in [0.25, 0.3) is 0 Å². The Balaban J connectivity index is 1.70. The molecule has 2 N–H and O–H groups in total. The van der Waals surface area contributed by atoms with Gasteiger partial charge in [-0.1, -0.05) is 18.2 Å². The topological polar surface area (TPSA) is 95.5 Å². The van der Waals surface area contributed by atoms with Crippen LogP contribution in [0, 0.1) is 0 Å². The number of amides is 1. The monoisotopic (exact) mass is 343 g/mol. The fraction of sp³-hybridized carbons (Fsp3) is 0.389. The third kappa shape index (κ3) is 3.65. The lowest BCUT2D eigenvalue weighted by Crippen LogP contribution is -2.32. The number of carboxylic acid groups (broad SMARTS) is 1. The van der Waals surface area contributed by atoms with Gasteiger partial charge in [-0.15, -0.1) is 0 Å². The molecule has 0 radical (unpaired) electrons. The van der Waals surface area contributed by atoms with Crippen molar-refractivity contribution in [3.8, 4) is 5.75 Å². The fourth-order valence-electron chi connectivity index (χ4n) is 3.32. The molecule has 1 fully saturated rings. The van der Waals surface area contributed by atoms with Gasteiger partial charge in [0, 0.05) is 19.2 Å². The number of carboxylic acids is 1. The normalized spacial score (nSPS) is 17.8. The summed E-state index contributed by atoms with van der Waals surface area (Å²) in [5.41, 5.74) is 1.24. The number of nitrogens with one attached hydrogen (secondary N) is 1. The van der Waals surface area contributed by atoms with E-state index in [1.165, 1.54) is 11.6 Å². The summed E-state index contributed by atoms with van der Waals surface area (Å²) in [5, 5.41) is 15.1. The molecule has 1 aromatic carbocycles. The van der Waals surface area contributed by atoms with Crippen molar-refractivity contribution in [2.24, 2.45) is 0 Å². The average molecular weight is 343 g/mol. The maximum atomic E-state index is 12.6. The molecule has 7 nitrogen and oxygen atoms in total. The molecular weight excluding hydrogens is 322 g/mol. The smallest absolute Gasteiger partial charge is 0.353 e. The number of methoxy groups -OCH3 is 1. The summed E-state index contributed by atoms with van der Waals surface area (Å²) < 4.78 is 5.46. The minimum absolute atomic E-state index is 0.0786. The first kappa shape index (κ1) is 17.0. The molecule has 1 amide bonds. The molecule has 25 heavy (non-hydrogen) atoms. The highest BCUT2D eigenvalue weighted by Crippen LogP contribution is 2.34. The Morgan fingerprint density at radius 3 is 2.80 bits per heavy atom. The Morgan fingerprint density at radius 1 is 1.28 bits per heavy atom. The summed E-state index contributed by atoms with van der Waals surface area (Å²) in [4.78, 5) is 25.2. The number of likely N-dealkylation sites (tertiary alicyclic amines) is 1. The molecule has 132 valence electrons. The van der Waals surface area contributed by atoms with Crippen molar-refractivity contribution in [3.63, 3.8) is 0 Å². The van der Waals surface area contributed by atoms with Crippen molar-refractivity contribution >= 4 is 11.9 Å². The van der Waals surface area contributed by atoms with Crippen LogP contribution in [-0.4, -0.2) is 52.3 Å². The molecule has 2 aromatic rings. The minimum Gasteiger partial charge on any atom is -0.496 e. The molecule has 1 aliphatic heterocycles. The summed E-state index contributed by atoms with van der Waals surface area (Å²) in [6, 6.07) is 9.27. The predicted octanol–water partition coefficient (Wildman–Crippen LogP) is 2.53. The van der Waals surface area contributed by atoms with Gasteiger partial charge in [0.15, 0.2) is 5.69 Å². The van der Waals surface area contributed by atoms with E-state index in [0.717, 1.165) is 25.0 Å². The number of H-pyrrole nitrogens is 1. The van der Waals surface area contributed by atoms with E-state index in [4.69, 9.17) is 9.84 Å². The molecule has 7 heteroatoms. The number of aromatic amines is 1. The van der Waals surface area contributed by atoms with E-state index >= 15 is 0 Å². The van der Waals surface area contributed by atoms with Gasteiger partial charge in [0.2, 0.25) is 0 Å². The van der Waals surface area contributed by atoms with Crippen LogP contribution in [0.15, 0.2) is 30.3 Å². The van der Waals surface area contributed by atoms with Crippen LogP contribution in [0.3, 0.4) is 0 Å². The SMILES string of the molecule is COc1ccccc1C1CCCN(C(=O)c2cc(C(=O)O)[nH]n2)CC1. The van der Waals surface area contributed by atoms with Crippen molar-refractivity contribution in [1.82, 2.24) is 15.1 Å². The van der Waals surface area contributed by atoms with Crippen LogP contribution >= 0.6 is 0 Å². The Hall–Kier alpha value is -2.83. The van der Waals surface area contributed by atoms with Crippen LogP contribution in [0.5, 0.6) is 5.75 Å². The van der Waals surface area contributed by atoms with Crippen molar-refractivity contribution in [3.05, 3.63) is 47.3 Å². The third-order valence-electron chi connectivity index (χ3n) is 4.62. The third-order valence-corrected chi connectivity index (χ3v) is 4.62. The van der Waals surface area contributed by atoms with Gasteiger partial charge in [0.25, 0.3) is 5.91 Å². The summed E-state index contributed by atoms with van der Waals surface area (Å²) in [5.74, 6) is -0.142. The highest BCUT2D eigenvalue weighted by Gasteiger charge is 2.25. The number of nitrogens with zero attached hydrogens (tertiary/aromatic N) is 2. The number of aromatic carboxylic acids is 1. The number of hydrogen-bond acceptors (Lipinski definition) is 4. The van der Waals surface area contributed by atoms with Crippen LogP contribution in [-0.2, 0) is 0 Å². The quantitative estimate of drug-likeness (QED) is 0.889. The second-order valence-electron chi connectivity index (χ2n) is 6.13. The summed E-state index contributed by atoms with van der Waals surface area (Å²) >= 11 is 0. The van der Waals surface area contributed by atoms with Crippen molar-refractivity contribution in [2.75, 3.05) is 20.2 Å². The van der Waals surface area contributed by atoms with E-state index in [1.54, 1.807) is 12.0 Å². The lowest BCUT2D eigenvalue weighted by Gasteiger charge is -2.20. The Bertz CT molecular complexity index is 771. The van der Waals surface area contributed by atoms with Gasteiger partial charge in [0.05, 0.1) is 7.11 Å². The van der Waals surface area contributed by atoms with Crippen LogP contribution < -0.4 is 4.74 Å². The number of carbonyl (C=O) groups excluding carboxylic acids is 1. The summed E-state index contributed by atoms with van der Waals surface area (Å²) in [6.45, 7) is 1.25. The zero-order chi connectivity index (χ0) is 17.8. The zero-order valence-corrected chi connectivity index (χ0v) is 14.1. The summed E-state index contributed by atoms with van der Waals surface area (Å²) in [7, 11) is 1.67. The van der Waals surface area contributed by atoms with Crippen molar-refractivity contribution in [2.45, 2.75) is 25.2 Å². The van der Waals surface area contributed by atoms with Crippen LogP contribution in [0.4, 0.5) is 0 Å². The highest BCUT2D eigenvalue weighted by atomic mass is 16.5. The first-order chi connectivity index (χ1) is 12.1. The molecule has 0 bridgehead atoms. The maximum Gasteiger partial charge on any atom is 0.353 e. The van der Waals surface area contributed by atoms with E-state index in [2.05, 4.69) is 16.3 Å². The van der Waals surface area contributed by atoms with E-state index in [-0.39, 0.29) is 17.3 Å². The summed E-state index contributed by atoms with van der Waals surface area (Å²) in [6.07, 6.45) is 2.69. The molecule has 1 unspecified atom stereocenters. The zero-order valence-electron chi connectivity index (χ0n) is 14.1. The number of para-hydroxylation sites is 1. The van der Waals surface area contributed by atoms with Crippen molar-refractivity contribution in [1.29, 1.82) is 0 Å². The average Bonchev–Trinajstić information content (AvgIpc) is 3.00. The fourth-order valence-corrected chi connectivity index (χ4v) is 3.32. The van der Waals surface area contributed by atoms with Gasteiger partial charge >= 0.3 is 5.97 Å². The molecule has 1 saturated heterocycles. The number of aromatic nitrogens is 2. The van der Waals surface area contributed by atoms with Gasteiger partial charge < -0.3 is 14.7 Å². The van der Waals surface area contributed by atoms with Gasteiger partial charge in [-0.05, 0) is 36.8 Å². The van der Waals surface area contributed by atoms with E-state index in [1.807, 2.05) is 18.2 Å². The van der Waals surface area contributed by atoms with Gasteiger partial charge in [-0.3, -0.25) is 9.89 Å². The molecule has 2 heterocycles. The molecule has 3 rings (SSSR count).